The molecule has 3 N–H and O–H groups in total. The third-order valence-corrected chi connectivity index (χ3v) is 6.39. The largest absolute Gasteiger partial charge is 0.480 e. The summed E-state index contributed by atoms with van der Waals surface area (Å²) in [4.78, 5) is 34.9. The fourth-order valence-corrected chi connectivity index (χ4v) is 4.52. The van der Waals surface area contributed by atoms with Crippen molar-refractivity contribution in [1.82, 2.24) is 20.2 Å². The third-order valence-electron chi connectivity index (χ3n) is 6.39. The van der Waals surface area contributed by atoms with E-state index in [0.29, 0.717) is 24.4 Å². The van der Waals surface area contributed by atoms with Crippen LogP contribution in [0.5, 0.6) is 0 Å². The summed E-state index contributed by atoms with van der Waals surface area (Å²) in [6, 6.07) is 6.73. The van der Waals surface area contributed by atoms with Gasteiger partial charge in [0.15, 0.2) is 0 Å². The van der Waals surface area contributed by atoms with Gasteiger partial charge in [0.05, 0.1) is 5.56 Å². The number of carboxylic acid groups (broad SMARTS) is 1. The minimum absolute atomic E-state index is 0.367. The Labute approximate surface area is 188 Å². The molecule has 0 radical (unpaired) electrons. The first-order valence-corrected chi connectivity index (χ1v) is 11.5. The molecule has 2 aromatic rings. The summed E-state index contributed by atoms with van der Waals surface area (Å²) in [5.74, 6) is 0.228. The molecule has 8 nitrogen and oxygen atoms in total. The molecule has 4 rings (SSSR count). The van der Waals surface area contributed by atoms with Crippen LogP contribution in [0.1, 0.15) is 47.3 Å². The Morgan fingerprint density at radius 2 is 2.22 bits per heavy atom. The average Bonchev–Trinajstić information content (AvgIpc) is 3.28. The molecule has 32 heavy (non-hydrogen) atoms. The van der Waals surface area contributed by atoms with Gasteiger partial charge in [0, 0.05) is 37.7 Å². The van der Waals surface area contributed by atoms with Gasteiger partial charge in [-0.15, -0.1) is 0 Å². The number of pyridine rings is 2. The van der Waals surface area contributed by atoms with E-state index in [-0.39, 0.29) is 0 Å². The standard InChI is InChI=1S/C24H31N5O3/c30-23(19-4-1-11-25-15-19)28-21(24(31)32)10-14-29-13-9-17(16-29)5-7-20-8-6-18-3-2-12-26-22(18)27-20/h1,4,6,8,11,15,17,21H,2-3,5,7,9-10,12-14,16H2,(H,26,27)(H,28,30)(H,31,32)/t17-,21-/m0/s1. The van der Waals surface area contributed by atoms with E-state index in [9.17, 15) is 14.7 Å². The highest BCUT2D eigenvalue weighted by Crippen LogP contribution is 2.24. The first-order chi connectivity index (χ1) is 15.6. The number of aromatic nitrogens is 2. The van der Waals surface area contributed by atoms with Crippen LogP contribution < -0.4 is 10.6 Å². The number of nitrogens with zero attached hydrogens (tertiary/aromatic N) is 3. The normalized spacial score (nSPS) is 19.1. The summed E-state index contributed by atoms with van der Waals surface area (Å²) in [5, 5.41) is 15.5. The number of likely N-dealkylation sites (tertiary alicyclic amines) is 1. The number of aryl methyl sites for hydroxylation is 2. The summed E-state index contributed by atoms with van der Waals surface area (Å²) in [6.45, 7) is 3.58. The SMILES string of the molecule is O=C(N[C@@H](CCN1CC[C@H](CCc2ccc3c(n2)NCCC3)C1)C(=O)O)c1cccnc1. The molecule has 0 unspecified atom stereocenters. The smallest absolute Gasteiger partial charge is 0.326 e. The van der Waals surface area contributed by atoms with Gasteiger partial charge in [-0.25, -0.2) is 9.78 Å². The number of rotatable bonds is 9. The van der Waals surface area contributed by atoms with Crippen molar-refractivity contribution in [3.05, 3.63) is 53.5 Å². The van der Waals surface area contributed by atoms with Crippen molar-refractivity contribution in [3.63, 3.8) is 0 Å². The van der Waals surface area contributed by atoms with Gasteiger partial charge in [-0.3, -0.25) is 9.78 Å². The van der Waals surface area contributed by atoms with E-state index >= 15 is 0 Å². The maximum Gasteiger partial charge on any atom is 0.326 e. The first-order valence-electron chi connectivity index (χ1n) is 11.5. The molecule has 8 heteroatoms. The molecule has 0 aliphatic carbocycles. The van der Waals surface area contributed by atoms with Crippen molar-refractivity contribution in [3.8, 4) is 0 Å². The van der Waals surface area contributed by atoms with Gasteiger partial charge in [0.2, 0.25) is 0 Å². The lowest BCUT2D eigenvalue weighted by Gasteiger charge is -2.20. The second-order valence-corrected chi connectivity index (χ2v) is 8.73. The Morgan fingerprint density at radius 1 is 1.31 bits per heavy atom. The van der Waals surface area contributed by atoms with Crippen LogP contribution in [0.2, 0.25) is 0 Å². The first kappa shape index (κ1) is 22.2. The monoisotopic (exact) mass is 437 g/mol. The third kappa shape index (κ3) is 5.82. The van der Waals surface area contributed by atoms with Gasteiger partial charge in [0.25, 0.3) is 5.91 Å². The van der Waals surface area contributed by atoms with Crippen LogP contribution in [-0.2, 0) is 17.6 Å². The number of nitrogens with one attached hydrogen (secondary N) is 2. The van der Waals surface area contributed by atoms with Crippen molar-refractivity contribution in [2.75, 3.05) is 31.5 Å². The van der Waals surface area contributed by atoms with Gasteiger partial charge >= 0.3 is 5.97 Å². The fraction of sp³-hybridized carbons (Fsp3) is 0.500. The fourth-order valence-electron chi connectivity index (χ4n) is 4.52. The molecule has 2 aliphatic rings. The summed E-state index contributed by atoms with van der Waals surface area (Å²) in [6.07, 6.45) is 8.83. The molecular weight excluding hydrogens is 406 g/mol. The summed E-state index contributed by atoms with van der Waals surface area (Å²) in [5.41, 5.74) is 2.82. The Bertz CT molecular complexity index is 936. The lowest BCUT2D eigenvalue weighted by atomic mass is 10.00. The Hall–Kier alpha value is -3.00. The average molecular weight is 438 g/mol. The summed E-state index contributed by atoms with van der Waals surface area (Å²) in [7, 11) is 0. The van der Waals surface area contributed by atoms with Crippen molar-refractivity contribution >= 4 is 17.7 Å². The molecule has 0 saturated carbocycles. The predicted octanol–water partition coefficient (Wildman–Crippen LogP) is 2.36. The molecular formula is C24H31N5O3. The minimum Gasteiger partial charge on any atom is -0.480 e. The quantitative estimate of drug-likeness (QED) is 0.553. The van der Waals surface area contributed by atoms with Crippen molar-refractivity contribution in [2.45, 2.75) is 44.6 Å². The second-order valence-electron chi connectivity index (χ2n) is 8.73. The van der Waals surface area contributed by atoms with Crippen LogP contribution in [0.4, 0.5) is 5.82 Å². The number of fused-ring (bicyclic) bond motifs is 1. The zero-order valence-corrected chi connectivity index (χ0v) is 18.3. The van der Waals surface area contributed by atoms with Crippen molar-refractivity contribution in [1.29, 1.82) is 0 Å². The van der Waals surface area contributed by atoms with Gasteiger partial charge < -0.3 is 20.6 Å². The molecule has 1 fully saturated rings. The highest BCUT2D eigenvalue weighted by Gasteiger charge is 2.26. The number of aliphatic carboxylic acids is 1. The van der Waals surface area contributed by atoms with Crippen LogP contribution in [-0.4, -0.2) is 64.1 Å². The van der Waals surface area contributed by atoms with E-state index in [1.165, 1.54) is 18.2 Å². The molecule has 170 valence electrons. The molecule has 4 heterocycles. The molecule has 2 aliphatic heterocycles. The summed E-state index contributed by atoms with van der Waals surface area (Å²) < 4.78 is 0. The van der Waals surface area contributed by atoms with Crippen LogP contribution in [0.15, 0.2) is 36.7 Å². The highest BCUT2D eigenvalue weighted by atomic mass is 16.4. The number of carboxylic acids is 1. The van der Waals surface area contributed by atoms with E-state index in [1.807, 2.05) is 0 Å². The lowest BCUT2D eigenvalue weighted by Crippen LogP contribution is -2.43. The van der Waals surface area contributed by atoms with E-state index in [1.54, 1.807) is 18.3 Å². The van der Waals surface area contributed by atoms with Crippen molar-refractivity contribution < 1.29 is 14.7 Å². The molecule has 2 atom stereocenters. The Morgan fingerprint density at radius 3 is 3.03 bits per heavy atom. The van der Waals surface area contributed by atoms with Crippen molar-refractivity contribution in [2.24, 2.45) is 5.92 Å². The maximum absolute atomic E-state index is 12.3. The number of hydrogen-bond donors (Lipinski definition) is 3. The van der Waals surface area contributed by atoms with Crippen LogP contribution in [0.25, 0.3) is 0 Å². The molecule has 0 spiro atoms. The number of anilines is 1. The second kappa shape index (κ2) is 10.5. The molecule has 0 bridgehead atoms. The topological polar surface area (TPSA) is 107 Å². The number of carbonyl (C=O) groups excluding carboxylic acids is 1. The maximum atomic E-state index is 12.3. The Kier molecular flexibility index (Phi) is 7.32. The van der Waals surface area contributed by atoms with E-state index < -0.39 is 17.9 Å². The van der Waals surface area contributed by atoms with Crippen LogP contribution in [0.3, 0.4) is 0 Å². The Balaban J connectivity index is 1.22. The van der Waals surface area contributed by atoms with Gasteiger partial charge in [-0.1, -0.05) is 6.07 Å². The summed E-state index contributed by atoms with van der Waals surface area (Å²) >= 11 is 0. The number of hydrogen-bond acceptors (Lipinski definition) is 6. The van der Waals surface area contributed by atoms with Crippen LogP contribution in [0, 0.1) is 5.92 Å². The minimum atomic E-state index is -1.01. The van der Waals surface area contributed by atoms with Gasteiger partial charge in [-0.2, -0.15) is 0 Å². The molecule has 1 saturated heterocycles. The van der Waals surface area contributed by atoms with Gasteiger partial charge in [0.1, 0.15) is 11.9 Å². The molecule has 2 aromatic heterocycles. The van der Waals surface area contributed by atoms with E-state index in [0.717, 1.165) is 56.8 Å². The number of carbonyl (C=O) groups is 2. The number of amides is 1. The predicted molar refractivity (Wildman–Crippen MR) is 122 cm³/mol. The zero-order valence-electron chi connectivity index (χ0n) is 18.3. The van der Waals surface area contributed by atoms with Gasteiger partial charge in [-0.05, 0) is 74.8 Å². The molecule has 0 aromatic carbocycles. The van der Waals surface area contributed by atoms with Crippen LogP contribution >= 0.6 is 0 Å². The highest BCUT2D eigenvalue weighted by molar-refractivity contribution is 5.96. The van der Waals surface area contributed by atoms with E-state index in [4.69, 9.17) is 4.98 Å². The molecule has 1 amide bonds. The van der Waals surface area contributed by atoms with E-state index in [2.05, 4.69) is 32.7 Å². The lowest BCUT2D eigenvalue weighted by molar-refractivity contribution is -0.139. The zero-order chi connectivity index (χ0) is 22.3.